The summed E-state index contributed by atoms with van der Waals surface area (Å²) in [5.74, 6) is 2.60. The Labute approximate surface area is 119 Å². The van der Waals surface area contributed by atoms with Gasteiger partial charge in [0.2, 0.25) is 0 Å². The molecule has 3 fully saturated rings. The van der Waals surface area contributed by atoms with Crippen LogP contribution in [0.15, 0.2) is 0 Å². The number of carbonyl (C=O) groups is 1. The summed E-state index contributed by atoms with van der Waals surface area (Å²) in [6, 6.07) is 0.509. The van der Waals surface area contributed by atoms with E-state index in [0.29, 0.717) is 18.3 Å². The predicted molar refractivity (Wildman–Crippen MR) is 74.2 cm³/mol. The molecule has 108 valence electrons. The Balaban J connectivity index is 1.57. The SMILES string of the molecule is CCn1nnc(C)c1C(=O)N1CC(C2CC2)C1C1CC1. The summed E-state index contributed by atoms with van der Waals surface area (Å²) in [5, 5.41) is 8.13. The maximum Gasteiger partial charge on any atom is 0.274 e. The monoisotopic (exact) mass is 274 g/mol. The number of aryl methyl sites for hydroxylation is 2. The van der Waals surface area contributed by atoms with Crippen LogP contribution in [-0.4, -0.2) is 38.4 Å². The number of nitrogens with zero attached hydrogens (tertiary/aromatic N) is 4. The minimum atomic E-state index is 0.156. The van der Waals surface area contributed by atoms with Gasteiger partial charge in [-0.3, -0.25) is 4.79 Å². The van der Waals surface area contributed by atoms with E-state index in [2.05, 4.69) is 15.2 Å². The number of carbonyl (C=O) groups excluding carboxylic acids is 1. The van der Waals surface area contributed by atoms with Crippen LogP contribution in [-0.2, 0) is 6.54 Å². The Morgan fingerprint density at radius 3 is 2.55 bits per heavy atom. The third-order valence-corrected chi connectivity index (χ3v) is 5.21. The van der Waals surface area contributed by atoms with Crippen molar-refractivity contribution >= 4 is 5.91 Å². The maximum absolute atomic E-state index is 12.8. The molecule has 2 atom stereocenters. The van der Waals surface area contributed by atoms with Crippen molar-refractivity contribution in [2.75, 3.05) is 6.54 Å². The lowest BCUT2D eigenvalue weighted by atomic mass is 9.81. The van der Waals surface area contributed by atoms with Gasteiger partial charge in [0.05, 0.1) is 5.69 Å². The van der Waals surface area contributed by atoms with E-state index in [9.17, 15) is 4.79 Å². The first-order valence-corrected chi connectivity index (χ1v) is 7.91. The van der Waals surface area contributed by atoms with Gasteiger partial charge >= 0.3 is 0 Å². The topological polar surface area (TPSA) is 51.0 Å². The molecule has 2 unspecified atom stereocenters. The van der Waals surface area contributed by atoms with E-state index >= 15 is 0 Å². The second-order valence-electron chi connectivity index (χ2n) is 6.63. The highest BCUT2D eigenvalue weighted by molar-refractivity contribution is 5.94. The normalized spacial score (nSPS) is 29.4. The van der Waals surface area contributed by atoms with Crippen LogP contribution >= 0.6 is 0 Å². The third kappa shape index (κ3) is 1.79. The fourth-order valence-corrected chi connectivity index (χ4v) is 3.78. The first-order chi connectivity index (χ1) is 9.70. The molecular weight excluding hydrogens is 252 g/mol. The van der Waals surface area contributed by atoms with E-state index in [1.165, 1.54) is 25.7 Å². The summed E-state index contributed by atoms with van der Waals surface area (Å²) in [6.07, 6.45) is 5.37. The summed E-state index contributed by atoms with van der Waals surface area (Å²) < 4.78 is 1.74. The van der Waals surface area contributed by atoms with Crippen molar-refractivity contribution in [3.63, 3.8) is 0 Å². The molecule has 3 aliphatic rings. The number of amides is 1. The van der Waals surface area contributed by atoms with Crippen molar-refractivity contribution in [2.45, 2.75) is 52.1 Å². The molecule has 5 heteroatoms. The van der Waals surface area contributed by atoms with Gasteiger partial charge in [-0.05, 0) is 51.4 Å². The Hall–Kier alpha value is -1.39. The molecule has 2 heterocycles. The van der Waals surface area contributed by atoms with Crippen molar-refractivity contribution in [2.24, 2.45) is 17.8 Å². The van der Waals surface area contributed by atoms with Crippen LogP contribution in [0.4, 0.5) is 0 Å². The molecule has 20 heavy (non-hydrogen) atoms. The van der Waals surface area contributed by atoms with Crippen molar-refractivity contribution in [1.29, 1.82) is 0 Å². The first kappa shape index (κ1) is 12.4. The highest BCUT2D eigenvalue weighted by atomic mass is 16.2. The molecule has 0 bridgehead atoms. The van der Waals surface area contributed by atoms with Crippen LogP contribution < -0.4 is 0 Å². The molecule has 5 nitrogen and oxygen atoms in total. The average Bonchev–Trinajstić information content (AvgIpc) is 3.29. The van der Waals surface area contributed by atoms with E-state index in [0.717, 1.165) is 30.0 Å². The fourth-order valence-electron chi connectivity index (χ4n) is 3.78. The summed E-state index contributed by atoms with van der Waals surface area (Å²) in [6.45, 7) is 5.55. The minimum Gasteiger partial charge on any atom is -0.333 e. The zero-order chi connectivity index (χ0) is 13.9. The minimum absolute atomic E-state index is 0.156. The Kier molecular flexibility index (Phi) is 2.66. The van der Waals surface area contributed by atoms with E-state index < -0.39 is 0 Å². The predicted octanol–water partition coefficient (Wildman–Crippen LogP) is 1.87. The van der Waals surface area contributed by atoms with E-state index in [-0.39, 0.29) is 5.91 Å². The molecule has 1 saturated heterocycles. The average molecular weight is 274 g/mol. The van der Waals surface area contributed by atoms with Gasteiger partial charge in [-0.25, -0.2) is 4.68 Å². The summed E-state index contributed by atoms with van der Waals surface area (Å²) in [4.78, 5) is 15.0. The maximum atomic E-state index is 12.8. The molecule has 1 amide bonds. The zero-order valence-corrected chi connectivity index (χ0v) is 12.2. The summed E-state index contributed by atoms with van der Waals surface area (Å²) in [5.41, 5.74) is 1.47. The van der Waals surface area contributed by atoms with Crippen LogP contribution in [0.2, 0.25) is 0 Å². The lowest BCUT2D eigenvalue weighted by molar-refractivity contribution is -0.00299. The fraction of sp³-hybridized carbons (Fsp3) is 0.800. The number of hydrogen-bond donors (Lipinski definition) is 0. The van der Waals surface area contributed by atoms with Crippen LogP contribution in [0.1, 0.15) is 48.8 Å². The Bertz CT molecular complexity index is 544. The van der Waals surface area contributed by atoms with Crippen LogP contribution in [0, 0.1) is 24.7 Å². The van der Waals surface area contributed by atoms with Gasteiger partial charge in [0.15, 0.2) is 0 Å². The number of hydrogen-bond acceptors (Lipinski definition) is 3. The zero-order valence-electron chi connectivity index (χ0n) is 12.2. The van der Waals surface area contributed by atoms with E-state index in [1.54, 1.807) is 4.68 Å². The Morgan fingerprint density at radius 2 is 1.95 bits per heavy atom. The second kappa shape index (κ2) is 4.30. The van der Waals surface area contributed by atoms with Gasteiger partial charge in [-0.15, -0.1) is 5.10 Å². The molecule has 2 saturated carbocycles. The van der Waals surface area contributed by atoms with Gasteiger partial charge in [-0.1, -0.05) is 5.21 Å². The van der Waals surface area contributed by atoms with Gasteiger partial charge in [0, 0.05) is 25.0 Å². The van der Waals surface area contributed by atoms with Crippen LogP contribution in [0.5, 0.6) is 0 Å². The second-order valence-corrected chi connectivity index (χ2v) is 6.63. The first-order valence-electron chi connectivity index (χ1n) is 7.91. The van der Waals surface area contributed by atoms with Crippen molar-refractivity contribution in [1.82, 2.24) is 19.9 Å². The quantitative estimate of drug-likeness (QED) is 0.842. The van der Waals surface area contributed by atoms with Gasteiger partial charge in [0.1, 0.15) is 5.69 Å². The van der Waals surface area contributed by atoms with Gasteiger partial charge in [-0.2, -0.15) is 0 Å². The number of likely N-dealkylation sites (tertiary alicyclic amines) is 1. The van der Waals surface area contributed by atoms with E-state index in [1.807, 2.05) is 13.8 Å². The lowest BCUT2D eigenvalue weighted by Gasteiger charge is -2.49. The van der Waals surface area contributed by atoms with Gasteiger partial charge in [0.25, 0.3) is 5.91 Å². The highest BCUT2D eigenvalue weighted by Crippen LogP contribution is 2.52. The molecular formula is C15H22N4O. The summed E-state index contributed by atoms with van der Waals surface area (Å²) in [7, 11) is 0. The van der Waals surface area contributed by atoms with Crippen molar-refractivity contribution < 1.29 is 4.79 Å². The molecule has 1 aromatic rings. The van der Waals surface area contributed by atoms with Crippen molar-refractivity contribution in [3.8, 4) is 0 Å². The molecule has 0 spiro atoms. The molecule has 1 aliphatic heterocycles. The number of rotatable bonds is 4. The van der Waals surface area contributed by atoms with Crippen LogP contribution in [0.3, 0.4) is 0 Å². The molecule has 0 radical (unpaired) electrons. The summed E-state index contributed by atoms with van der Waals surface area (Å²) >= 11 is 0. The molecule has 1 aromatic heterocycles. The molecule has 4 rings (SSSR count). The third-order valence-electron chi connectivity index (χ3n) is 5.21. The van der Waals surface area contributed by atoms with E-state index in [4.69, 9.17) is 0 Å². The largest absolute Gasteiger partial charge is 0.333 e. The standard InChI is InChI=1S/C15H22N4O/c1-3-19-13(9(2)16-17-19)15(20)18-8-12(10-4-5-10)14(18)11-6-7-11/h10-12,14H,3-8H2,1-2H3. The number of aromatic nitrogens is 3. The van der Waals surface area contributed by atoms with Gasteiger partial charge < -0.3 is 4.90 Å². The highest BCUT2D eigenvalue weighted by Gasteiger charge is 2.54. The molecule has 2 aliphatic carbocycles. The Morgan fingerprint density at radius 1 is 1.25 bits per heavy atom. The molecule has 0 N–H and O–H groups in total. The van der Waals surface area contributed by atoms with Crippen molar-refractivity contribution in [3.05, 3.63) is 11.4 Å². The van der Waals surface area contributed by atoms with Crippen LogP contribution in [0.25, 0.3) is 0 Å². The lowest BCUT2D eigenvalue weighted by Crippen LogP contribution is -2.60. The smallest absolute Gasteiger partial charge is 0.274 e. The molecule has 0 aromatic carbocycles.